The maximum absolute atomic E-state index is 12.1. The van der Waals surface area contributed by atoms with Crippen LogP contribution in [0.25, 0.3) is 0 Å². The Labute approximate surface area is 134 Å². The molecular formula is C14H10BrClN2O3. The summed E-state index contributed by atoms with van der Waals surface area (Å²) in [5.74, 6) is -0.434. The maximum Gasteiger partial charge on any atom is 0.273 e. The van der Waals surface area contributed by atoms with Gasteiger partial charge in [-0.15, -0.1) is 0 Å². The summed E-state index contributed by atoms with van der Waals surface area (Å²) in [7, 11) is 0. The topological polar surface area (TPSA) is 72.2 Å². The van der Waals surface area contributed by atoms with Crippen LogP contribution in [-0.2, 0) is 0 Å². The number of carbonyl (C=O) groups is 1. The van der Waals surface area contributed by atoms with Gasteiger partial charge in [0.15, 0.2) is 0 Å². The fourth-order valence-electron chi connectivity index (χ4n) is 1.72. The molecule has 7 heteroatoms. The van der Waals surface area contributed by atoms with Crippen molar-refractivity contribution in [2.45, 2.75) is 6.92 Å². The average molecular weight is 370 g/mol. The van der Waals surface area contributed by atoms with E-state index >= 15 is 0 Å². The van der Waals surface area contributed by atoms with Gasteiger partial charge < -0.3 is 5.32 Å². The number of nitro benzene ring substituents is 1. The van der Waals surface area contributed by atoms with Crippen molar-refractivity contribution < 1.29 is 9.72 Å². The molecule has 2 aromatic carbocycles. The third-order valence-corrected chi connectivity index (χ3v) is 4.08. The van der Waals surface area contributed by atoms with E-state index in [1.165, 1.54) is 12.1 Å². The Bertz CT molecular complexity index is 734. The summed E-state index contributed by atoms with van der Waals surface area (Å²) < 4.78 is 0.716. The second-order valence-corrected chi connectivity index (χ2v) is 5.60. The summed E-state index contributed by atoms with van der Waals surface area (Å²) in [5, 5.41) is 14.0. The number of rotatable bonds is 3. The van der Waals surface area contributed by atoms with Gasteiger partial charge in [-0.3, -0.25) is 14.9 Å². The van der Waals surface area contributed by atoms with E-state index in [2.05, 4.69) is 21.2 Å². The van der Waals surface area contributed by atoms with E-state index in [0.717, 1.165) is 0 Å². The van der Waals surface area contributed by atoms with E-state index in [9.17, 15) is 14.9 Å². The molecule has 0 saturated carbocycles. The SMILES string of the molecule is Cc1ccc(C(=O)Nc2ccc(Br)c(Cl)c2)cc1[N+](=O)[O-]. The predicted octanol–water partition coefficient (Wildman–Crippen LogP) is 4.57. The van der Waals surface area contributed by atoms with Crippen LogP contribution in [0.2, 0.25) is 5.02 Å². The zero-order valence-electron chi connectivity index (χ0n) is 10.9. The van der Waals surface area contributed by atoms with Gasteiger partial charge in [-0.1, -0.05) is 17.7 Å². The maximum atomic E-state index is 12.1. The normalized spacial score (nSPS) is 10.2. The third-order valence-electron chi connectivity index (χ3n) is 2.85. The molecule has 0 unspecified atom stereocenters. The number of aryl methyl sites for hydroxylation is 1. The molecule has 0 atom stereocenters. The van der Waals surface area contributed by atoms with Crippen molar-refractivity contribution in [1.29, 1.82) is 0 Å². The monoisotopic (exact) mass is 368 g/mol. The van der Waals surface area contributed by atoms with Crippen LogP contribution in [0.15, 0.2) is 40.9 Å². The third kappa shape index (κ3) is 3.59. The number of halogens is 2. The van der Waals surface area contributed by atoms with Gasteiger partial charge in [0, 0.05) is 27.4 Å². The molecule has 0 radical (unpaired) electrons. The highest BCUT2D eigenvalue weighted by Gasteiger charge is 2.15. The fraction of sp³-hybridized carbons (Fsp3) is 0.0714. The molecular weight excluding hydrogens is 360 g/mol. The van der Waals surface area contributed by atoms with Crippen molar-refractivity contribution in [3.8, 4) is 0 Å². The molecule has 1 N–H and O–H groups in total. The number of amides is 1. The number of carbonyl (C=O) groups excluding carboxylic acids is 1. The smallest absolute Gasteiger partial charge is 0.273 e. The number of hydrogen-bond acceptors (Lipinski definition) is 3. The summed E-state index contributed by atoms with van der Waals surface area (Å²) in [6.07, 6.45) is 0. The molecule has 0 aliphatic rings. The summed E-state index contributed by atoms with van der Waals surface area (Å²) in [6, 6.07) is 9.31. The van der Waals surface area contributed by atoms with Gasteiger partial charge in [0.05, 0.1) is 9.95 Å². The molecule has 0 aliphatic carbocycles. The minimum absolute atomic E-state index is 0.0866. The number of nitro groups is 1. The Morgan fingerprint density at radius 2 is 2.00 bits per heavy atom. The second kappa shape index (κ2) is 6.24. The van der Waals surface area contributed by atoms with E-state index in [4.69, 9.17) is 11.6 Å². The van der Waals surface area contributed by atoms with Gasteiger partial charge >= 0.3 is 0 Å². The Balaban J connectivity index is 2.26. The quantitative estimate of drug-likeness (QED) is 0.636. The van der Waals surface area contributed by atoms with Crippen molar-refractivity contribution in [1.82, 2.24) is 0 Å². The molecule has 2 rings (SSSR count). The Hall–Kier alpha value is -1.92. The van der Waals surface area contributed by atoms with Gasteiger partial charge in [0.2, 0.25) is 0 Å². The van der Waals surface area contributed by atoms with Crippen molar-refractivity contribution in [2.24, 2.45) is 0 Å². The molecule has 0 fully saturated rings. The lowest BCUT2D eigenvalue weighted by Crippen LogP contribution is -2.12. The minimum atomic E-state index is -0.511. The summed E-state index contributed by atoms with van der Waals surface area (Å²) in [5.41, 5.74) is 1.14. The number of anilines is 1. The molecule has 108 valence electrons. The lowest BCUT2D eigenvalue weighted by atomic mass is 10.1. The average Bonchev–Trinajstić information content (AvgIpc) is 2.43. The molecule has 5 nitrogen and oxygen atoms in total. The fourth-order valence-corrected chi connectivity index (χ4v) is 2.15. The number of nitrogens with zero attached hydrogens (tertiary/aromatic N) is 1. The van der Waals surface area contributed by atoms with E-state index in [-0.39, 0.29) is 11.3 Å². The molecule has 21 heavy (non-hydrogen) atoms. The molecule has 0 saturated heterocycles. The van der Waals surface area contributed by atoms with Crippen LogP contribution in [0.1, 0.15) is 15.9 Å². The van der Waals surface area contributed by atoms with Gasteiger partial charge in [0.25, 0.3) is 11.6 Å². The van der Waals surface area contributed by atoms with E-state index in [1.54, 1.807) is 31.2 Å². The molecule has 0 heterocycles. The second-order valence-electron chi connectivity index (χ2n) is 4.34. The molecule has 0 aliphatic heterocycles. The highest BCUT2D eigenvalue weighted by molar-refractivity contribution is 9.10. The van der Waals surface area contributed by atoms with Crippen LogP contribution in [0, 0.1) is 17.0 Å². The van der Waals surface area contributed by atoms with Crippen LogP contribution < -0.4 is 5.32 Å². The summed E-state index contributed by atoms with van der Waals surface area (Å²) >= 11 is 9.20. The van der Waals surface area contributed by atoms with Crippen molar-refractivity contribution in [3.63, 3.8) is 0 Å². The Morgan fingerprint density at radius 1 is 1.29 bits per heavy atom. The predicted molar refractivity (Wildman–Crippen MR) is 84.9 cm³/mol. The van der Waals surface area contributed by atoms with E-state index in [0.29, 0.717) is 20.7 Å². The lowest BCUT2D eigenvalue weighted by Gasteiger charge is -2.07. The minimum Gasteiger partial charge on any atom is -0.322 e. The van der Waals surface area contributed by atoms with Gasteiger partial charge in [-0.05, 0) is 47.1 Å². The number of benzene rings is 2. The first-order chi connectivity index (χ1) is 9.88. The number of nitrogens with one attached hydrogen (secondary N) is 1. The zero-order valence-corrected chi connectivity index (χ0v) is 13.2. The van der Waals surface area contributed by atoms with Crippen molar-refractivity contribution in [2.75, 3.05) is 5.32 Å². The molecule has 0 spiro atoms. The van der Waals surface area contributed by atoms with E-state index in [1.807, 2.05) is 0 Å². The largest absolute Gasteiger partial charge is 0.322 e. The van der Waals surface area contributed by atoms with Crippen molar-refractivity contribution >= 4 is 44.8 Å². The highest BCUT2D eigenvalue weighted by Crippen LogP contribution is 2.26. The van der Waals surface area contributed by atoms with Crippen LogP contribution in [-0.4, -0.2) is 10.8 Å². The first kappa shape index (κ1) is 15.5. The Kier molecular flexibility index (Phi) is 4.59. The van der Waals surface area contributed by atoms with Crippen LogP contribution in [0.3, 0.4) is 0 Å². The first-order valence-corrected chi connectivity index (χ1v) is 7.07. The summed E-state index contributed by atoms with van der Waals surface area (Å²) in [4.78, 5) is 22.5. The van der Waals surface area contributed by atoms with Crippen LogP contribution >= 0.6 is 27.5 Å². The lowest BCUT2D eigenvalue weighted by molar-refractivity contribution is -0.385. The number of hydrogen-bond donors (Lipinski definition) is 1. The standard InChI is InChI=1S/C14H10BrClN2O3/c1-8-2-3-9(6-13(8)18(20)21)14(19)17-10-4-5-11(15)12(16)7-10/h2-7H,1H3,(H,17,19). The van der Waals surface area contributed by atoms with Gasteiger partial charge in [-0.25, -0.2) is 0 Å². The molecule has 2 aromatic rings. The van der Waals surface area contributed by atoms with Gasteiger partial charge in [0.1, 0.15) is 0 Å². The first-order valence-electron chi connectivity index (χ1n) is 5.90. The molecule has 0 bridgehead atoms. The molecule has 0 aromatic heterocycles. The molecule has 1 amide bonds. The van der Waals surface area contributed by atoms with Crippen molar-refractivity contribution in [3.05, 3.63) is 67.1 Å². The highest BCUT2D eigenvalue weighted by atomic mass is 79.9. The summed E-state index contributed by atoms with van der Waals surface area (Å²) in [6.45, 7) is 1.62. The van der Waals surface area contributed by atoms with Gasteiger partial charge in [-0.2, -0.15) is 0 Å². The van der Waals surface area contributed by atoms with Crippen LogP contribution in [0.5, 0.6) is 0 Å². The van der Waals surface area contributed by atoms with Crippen LogP contribution in [0.4, 0.5) is 11.4 Å². The zero-order chi connectivity index (χ0) is 15.6. The Morgan fingerprint density at radius 3 is 2.62 bits per heavy atom. The van der Waals surface area contributed by atoms with E-state index < -0.39 is 10.8 Å².